The topological polar surface area (TPSA) is 0 Å². The van der Waals surface area contributed by atoms with Gasteiger partial charge in [-0.05, 0) is 0 Å². The van der Waals surface area contributed by atoms with Crippen LogP contribution in [0.3, 0.4) is 0 Å². The van der Waals surface area contributed by atoms with Crippen LogP contribution in [0, 0.1) is 0 Å². The van der Waals surface area contributed by atoms with E-state index >= 15 is 0 Å². The molecule has 0 amide bonds. The molecule has 0 aromatic heterocycles. The molecule has 0 saturated heterocycles. The Kier molecular flexibility index (Phi) is 3.96. The van der Waals surface area contributed by atoms with Crippen LogP contribution in [0.2, 0.25) is 24.4 Å². The van der Waals surface area contributed by atoms with Crippen molar-refractivity contribution in [2.45, 2.75) is 24.4 Å². The molecule has 2 heteroatoms. The van der Waals surface area contributed by atoms with Crippen molar-refractivity contribution in [2.24, 2.45) is 0 Å². The van der Waals surface area contributed by atoms with Gasteiger partial charge in [0, 0.05) is 0 Å². The summed E-state index contributed by atoms with van der Waals surface area (Å²) in [5.74, 6) is -0.624. The molecule has 0 radical (unpaired) electrons. The van der Waals surface area contributed by atoms with E-state index in [1.165, 1.54) is 4.73 Å². The minimum absolute atomic E-state index is 0.382. The van der Waals surface area contributed by atoms with Crippen molar-refractivity contribution in [1.29, 1.82) is 0 Å². The third-order valence-corrected chi connectivity index (χ3v) is 8.42. The van der Waals surface area contributed by atoms with Crippen LogP contribution in [0.15, 0.2) is 12.7 Å². The molecule has 0 saturated carbocycles. The van der Waals surface area contributed by atoms with Crippen molar-refractivity contribution in [3.63, 3.8) is 0 Å². The van der Waals surface area contributed by atoms with Crippen molar-refractivity contribution >= 4 is 5.94 Å². The second kappa shape index (κ2) is 3.65. The first-order chi connectivity index (χ1) is 3.56. The van der Waals surface area contributed by atoms with Crippen LogP contribution >= 0.6 is 0 Å². The summed E-state index contributed by atoms with van der Waals surface area (Å²) in [7, 11) is 0. The van der Waals surface area contributed by atoms with Crippen LogP contribution in [0.5, 0.6) is 0 Å². The van der Waals surface area contributed by atoms with Gasteiger partial charge in [0.15, 0.2) is 0 Å². The Morgan fingerprint density at radius 3 is 2.12 bits per heavy atom. The fourth-order valence-corrected chi connectivity index (χ4v) is 4.68. The standard InChI is InChI=1S/C3H9Si.C3H5.Ti/c1-4(2)3;1-3-2;/h1-3H3;3H,1-2H2;. The molecule has 0 aromatic carbocycles. The van der Waals surface area contributed by atoms with Gasteiger partial charge in [0.2, 0.25) is 0 Å². The van der Waals surface area contributed by atoms with E-state index in [-0.39, 0.29) is 0 Å². The van der Waals surface area contributed by atoms with Gasteiger partial charge in [-0.25, -0.2) is 0 Å². The maximum absolute atomic E-state index is 3.72. The average Bonchev–Trinajstić information content (AvgIpc) is 1.59. The zero-order valence-electron chi connectivity index (χ0n) is 5.99. The van der Waals surface area contributed by atoms with Crippen molar-refractivity contribution < 1.29 is 18.4 Å². The van der Waals surface area contributed by atoms with Crippen LogP contribution in [0.4, 0.5) is 0 Å². The van der Waals surface area contributed by atoms with E-state index in [0.717, 1.165) is 0 Å². The van der Waals surface area contributed by atoms with Gasteiger partial charge >= 0.3 is 61.4 Å². The molecule has 0 aliphatic heterocycles. The van der Waals surface area contributed by atoms with E-state index in [1.807, 2.05) is 0 Å². The summed E-state index contributed by atoms with van der Waals surface area (Å²) in [5, 5.41) is 0. The summed E-state index contributed by atoms with van der Waals surface area (Å²) in [4.78, 5) is 0. The normalized spacial score (nSPS) is 10.9. The molecule has 0 rings (SSSR count). The van der Waals surface area contributed by atoms with Gasteiger partial charge in [0.25, 0.3) is 0 Å². The molecule has 0 spiro atoms. The molecule has 0 nitrogen and oxygen atoms in total. The summed E-state index contributed by atoms with van der Waals surface area (Å²) in [5.41, 5.74) is 0. The molecular weight excluding hydrogens is 148 g/mol. The molecular formula is C6H14SiTi. The summed E-state index contributed by atoms with van der Waals surface area (Å²) >= 11 is 0.382. The Balaban J connectivity index is 3.24. The predicted octanol–water partition coefficient (Wildman–Crippen LogP) is 2.51. The molecule has 0 fully saturated rings. The summed E-state index contributed by atoms with van der Waals surface area (Å²) in [6.07, 6.45) is 2.07. The summed E-state index contributed by atoms with van der Waals surface area (Å²) < 4.78 is 1.33. The minimum atomic E-state index is -0.624. The molecule has 8 heavy (non-hydrogen) atoms. The van der Waals surface area contributed by atoms with Gasteiger partial charge in [0.1, 0.15) is 0 Å². The fraction of sp³-hybridized carbons (Fsp3) is 0.667. The van der Waals surface area contributed by atoms with Crippen molar-refractivity contribution in [3.05, 3.63) is 12.7 Å². The van der Waals surface area contributed by atoms with Crippen LogP contribution in [0.1, 0.15) is 0 Å². The zero-order chi connectivity index (χ0) is 6.62. The Labute approximate surface area is 61.5 Å². The molecule has 0 aliphatic carbocycles. The van der Waals surface area contributed by atoms with Crippen LogP contribution < -0.4 is 0 Å². The van der Waals surface area contributed by atoms with Crippen molar-refractivity contribution in [2.75, 3.05) is 0 Å². The van der Waals surface area contributed by atoms with Gasteiger partial charge in [0.05, 0.1) is 0 Å². The Morgan fingerprint density at radius 1 is 1.50 bits per heavy atom. The molecule has 0 aromatic rings. The predicted molar refractivity (Wildman–Crippen MR) is 38.4 cm³/mol. The number of rotatable bonds is 3. The van der Waals surface area contributed by atoms with Gasteiger partial charge in [-0.15, -0.1) is 0 Å². The second-order valence-corrected chi connectivity index (χ2v) is 17.1. The molecule has 0 aliphatic rings. The molecule has 0 unspecified atom stereocenters. The van der Waals surface area contributed by atoms with Crippen LogP contribution in [0.25, 0.3) is 0 Å². The van der Waals surface area contributed by atoms with E-state index in [9.17, 15) is 0 Å². The van der Waals surface area contributed by atoms with E-state index in [1.54, 1.807) is 0 Å². The summed E-state index contributed by atoms with van der Waals surface area (Å²) in [6, 6.07) is 0. The molecule has 0 N–H and O–H groups in total. The molecule has 0 bridgehead atoms. The first kappa shape index (κ1) is 8.67. The van der Waals surface area contributed by atoms with E-state index in [2.05, 4.69) is 32.3 Å². The Bertz CT molecular complexity index is 73.1. The first-order valence-electron chi connectivity index (χ1n) is 2.92. The molecule has 0 atom stereocenters. The second-order valence-electron chi connectivity index (χ2n) is 2.92. The zero-order valence-corrected chi connectivity index (χ0v) is 8.55. The van der Waals surface area contributed by atoms with Gasteiger partial charge < -0.3 is 0 Å². The third-order valence-electron chi connectivity index (χ3n) is 0.777. The number of hydrogen-bond acceptors (Lipinski definition) is 0. The van der Waals surface area contributed by atoms with E-state index in [0.29, 0.717) is 18.4 Å². The summed E-state index contributed by atoms with van der Waals surface area (Å²) in [6.45, 7) is 11.0. The van der Waals surface area contributed by atoms with Crippen LogP contribution in [-0.2, 0) is 18.4 Å². The van der Waals surface area contributed by atoms with Gasteiger partial charge in [-0.2, -0.15) is 0 Å². The van der Waals surface area contributed by atoms with Crippen molar-refractivity contribution in [3.8, 4) is 0 Å². The van der Waals surface area contributed by atoms with Gasteiger partial charge in [-0.3, -0.25) is 0 Å². The van der Waals surface area contributed by atoms with E-state index < -0.39 is 5.94 Å². The average molecular weight is 162 g/mol. The van der Waals surface area contributed by atoms with Gasteiger partial charge in [-0.1, -0.05) is 0 Å². The van der Waals surface area contributed by atoms with Crippen LogP contribution in [-0.4, -0.2) is 5.94 Å². The first-order valence-corrected chi connectivity index (χ1v) is 9.87. The SMILES string of the molecule is C=C[CH2][Ti][Si](C)(C)C. The molecule has 0 heterocycles. The molecule has 46 valence electrons. The number of hydrogen-bond donors (Lipinski definition) is 0. The Hall–Kier alpha value is 0.671. The maximum atomic E-state index is 3.72. The Morgan fingerprint density at radius 2 is 2.00 bits per heavy atom. The third kappa shape index (κ3) is 6.67. The quantitative estimate of drug-likeness (QED) is 0.441. The van der Waals surface area contributed by atoms with Crippen molar-refractivity contribution in [1.82, 2.24) is 0 Å². The number of allylic oxidation sites excluding steroid dienone is 1. The monoisotopic (exact) mass is 162 g/mol. The fourth-order valence-electron chi connectivity index (χ4n) is 0.378. The van der Waals surface area contributed by atoms with E-state index in [4.69, 9.17) is 0 Å².